The molecule has 5 nitrogen and oxygen atoms in total. The molecule has 1 N–H and O–H groups in total. The maximum atomic E-state index is 4.40. The first-order chi connectivity index (χ1) is 8.33. The highest BCUT2D eigenvalue weighted by Crippen LogP contribution is 2.22. The first kappa shape index (κ1) is 10.5. The normalized spacial score (nSPS) is 19.9. The monoisotopic (exact) mass is 231 g/mol. The van der Waals surface area contributed by atoms with E-state index < -0.39 is 0 Å². The molecule has 90 valence electrons. The van der Waals surface area contributed by atoms with Crippen LogP contribution in [0.5, 0.6) is 0 Å². The van der Waals surface area contributed by atoms with Gasteiger partial charge in [0, 0.05) is 25.5 Å². The summed E-state index contributed by atoms with van der Waals surface area (Å²) in [5, 5.41) is 7.90. The Morgan fingerprint density at radius 1 is 1.53 bits per heavy atom. The fourth-order valence-electron chi connectivity index (χ4n) is 2.41. The van der Waals surface area contributed by atoms with E-state index in [2.05, 4.69) is 20.0 Å². The standard InChI is InChI=1S/C12H17N5/c1-16-6-4-10(15-16)8-17-9-13-7-12(17)11-3-2-5-14-11/h4,6-7,9,11,14H,2-3,5,8H2,1H3. The second-order valence-corrected chi connectivity index (χ2v) is 4.58. The Balaban J connectivity index is 1.81. The highest BCUT2D eigenvalue weighted by atomic mass is 15.3. The van der Waals surface area contributed by atoms with Gasteiger partial charge in [0.05, 0.1) is 24.3 Å². The Morgan fingerprint density at radius 3 is 3.18 bits per heavy atom. The van der Waals surface area contributed by atoms with Crippen LogP contribution in [0.4, 0.5) is 0 Å². The van der Waals surface area contributed by atoms with Gasteiger partial charge < -0.3 is 9.88 Å². The lowest BCUT2D eigenvalue weighted by Crippen LogP contribution is -2.17. The van der Waals surface area contributed by atoms with Crippen molar-refractivity contribution in [1.82, 2.24) is 24.6 Å². The summed E-state index contributed by atoms with van der Waals surface area (Å²) in [7, 11) is 1.94. The molecule has 5 heteroatoms. The number of aryl methyl sites for hydroxylation is 1. The van der Waals surface area contributed by atoms with E-state index >= 15 is 0 Å². The minimum atomic E-state index is 0.459. The molecular weight excluding hydrogens is 214 g/mol. The molecule has 0 aliphatic carbocycles. The number of nitrogens with zero attached hydrogens (tertiary/aromatic N) is 4. The van der Waals surface area contributed by atoms with E-state index in [1.807, 2.05) is 36.5 Å². The molecule has 3 rings (SSSR count). The van der Waals surface area contributed by atoms with Crippen molar-refractivity contribution in [1.29, 1.82) is 0 Å². The first-order valence-corrected chi connectivity index (χ1v) is 6.05. The third-order valence-electron chi connectivity index (χ3n) is 3.26. The molecule has 3 heterocycles. The van der Waals surface area contributed by atoms with Crippen LogP contribution in [0.3, 0.4) is 0 Å². The summed E-state index contributed by atoms with van der Waals surface area (Å²) in [5.74, 6) is 0. The van der Waals surface area contributed by atoms with Gasteiger partial charge in [-0.25, -0.2) is 4.98 Å². The molecular formula is C12H17N5. The Morgan fingerprint density at radius 2 is 2.47 bits per heavy atom. The number of aromatic nitrogens is 4. The maximum Gasteiger partial charge on any atom is 0.0952 e. The summed E-state index contributed by atoms with van der Waals surface area (Å²) in [6, 6.07) is 2.51. The van der Waals surface area contributed by atoms with E-state index in [1.54, 1.807) is 0 Å². The maximum absolute atomic E-state index is 4.40. The highest BCUT2D eigenvalue weighted by Gasteiger charge is 2.19. The summed E-state index contributed by atoms with van der Waals surface area (Å²) in [4.78, 5) is 4.26. The molecule has 0 aromatic carbocycles. The lowest BCUT2D eigenvalue weighted by atomic mass is 10.2. The fraction of sp³-hybridized carbons (Fsp3) is 0.500. The molecule has 1 saturated heterocycles. The van der Waals surface area contributed by atoms with Crippen LogP contribution in [-0.2, 0) is 13.6 Å². The van der Waals surface area contributed by atoms with Crippen LogP contribution in [-0.4, -0.2) is 25.9 Å². The zero-order chi connectivity index (χ0) is 11.7. The van der Waals surface area contributed by atoms with Gasteiger partial charge in [0.1, 0.15) is 0 Å². The minimum Gasteiger partial charge on any atom is -0.327 e. The Labute approximate surface area is 100 Å². The molecule has 1 aliphatic heterocycles. The predicted octanol–water partition coefficient (Wildman–Crippen LogP) is 1.09. The summed E-state index contributed by atoms with van der Waals surface area (Å²) in [5.41, 5.74) is 2.35. The van der Waals surface area contributed by atoms with E-state index in [-0.39, 0.29) is 0 Å². The van der Waals surface area contributed by atoms with Crippen LogP contribution in [0.1, 0.15) is 30.3 Å². The first-order valence-electron chi connectivity index (χ1n) is 6.05. The zero-order valence-electron chi connectivity index (χ0n) is 10.0. The van der Waals surface area contributed by atoms with Crippen LogP contribution in [0.2, 0.25) is 0 Å². The second kappa shape index (κ2) is 4.33. The molecule has 0 amide bonds. The van der Waals surface area contributed by atoms with Gasteiger partial charge in [0.15, 0.2) is 0 Å². The van der Waals surface area contributed by atoms with Crippen LogP contribution in [0.15, 0.2) is 24.8 Å². The van der Waals surface area contributed by atoms with Gasteiger partial charge in [-0.05, 0) is 25.5 Å². The lowest BCUT2D eigenvalue weighted by molar-refractivity contribution is 0.578. The zero-order valence-corrected chi connectivity index (χ0v) is 10.0. The van der Waals surface area contributed by atoms with Crippen molar-refractivity contribution in [2.45, 2.75) is 25.4 Å². The fourth-order valence-corrected chi connectivity index (χ4v) is 2.41. The summed E-state index contributed by atoms with van der Waals surface area (Å²) < 4.78 is 4.02. The van der Waals surface area contributed by atoms with E-state index in [4.69, 9.17) is 0 Å². The predicted molar refractivity (Wildman–Crippen MR) is 64.5 cm³/mol. The molecule has 17 heavy (non-hydrogen) atoms. The topological polar surface area (TPSA) is 47.7 Å². The largest absolute Gasteiger partial charge is 0.327 e. The summed E-state index contributed by atoms with van der Waals surface area (Å²) >= 11 is 0. The van der Waals surface area contributed by atoms with Crippen LogP contribution in [0, 0.1) is 0 Å². The average molecular weight is 231 g/mol. The number of nitrogens with one attached hydrogen (secondary N) is 1. The smallest absolute Gasteiger partial charge is 0.0952 e. The van der Waals surface area contributed by atoms with Crippen molar-refractivity contribution in [2.75, 3.05) is 6.54 Å². The van der Waals surface area contributed by atoms with Gasteiger partial charge in [-0.15, -0.1) is 0 Å². The molecule has 1 aliphatic rings. The van der Waals surface area contributed by atoms with E-state index in [9.17, 15) is 0 Å². The Kier molecular flexibility index (Phi) is 2.68. The van der Waals surface area contributed by atoms with Crippen molar-refractivity contribution in [3.8, 4) is 0 Å². The van der Waals surface area contributed by atoms with Crippen molar-refractivity contribution >= 4 is 0 Å². The molecule has 2 aromatic rings. The average Bonchev–Trinajstić information content (AvgIpc) is 3.00. The van der Waals surface area contributed by atoms with Gasteiger partial charge in [0.2, 0.25) is 0 Å². The second-order valence-electron chi connectivity index (χ2n) is 4.58. The quantitative estimate of drug-likeness (QED) is 0.860. The Hall–Kier alpha value is -1.62. The van der Waals surface area contributed by atoms with Crippen LogP contribution < -0.4 is 5.32 Å². The third kappa shape index (κ3) is 2.10. The van der Waals surface area contributed by atoms with E-state index in [1.165, 1.54) is 18.5 Å². The van der Waals surface area contributed by atoms with Crippen molar-refractivity contribution in [3.63, 3.8) is 0 Å². The number of imidazole rings is 1. The van der Waals surface area contributed by atoms with E-state index in [0.717, 1.165) is 18.8 Å². The summed E-state index contributed by atoms with van der Waals surface area (Å²) in [6.07, 6.45) is 8.28. The summed E-state index contributed by atoms with van der Waals surface area (Å²) in [6.45, 7) is 1.91. The molecule has 0 spiro atoms. The van der Waals surface area contributed by atoms with Crippen LogP contribution in [0.25, 0.3) is 0 Å². The van der Waals surface area contributed by atoms with Gasteiger partial charge >= 0.3 is 0 Å². The van der Waals surface area contributed by atoms with Crippen molar-refractivity contribution in [2.24, 2.45) is 7.05 Å². The van der Waals surface area contributed by atoms with E-state index in [0.29, 0.717) is 6.04 Å². The number of hydrogen-bond acceptors (Lipinski definition) is 3. The molecule has 0 bridgehead atoms. The highest BCUT2D eigenvalue weighted by molar-refractivity contribution is 5.10. The van der Waals surface area contributed by atoms with Gasteiger partial charge in [-0.3, -0.25) is 4.68 Å². The number of rotatable bonds is 3. The van der Waals surface area contributed by atoms with Gasteiger partial charge in [-0.1, -0.05) is 0 Å². The molecule has 2 aromatic heterocycles. The molecule has 1 unspecified atom stereocenters. The minimum absolute atomic E-state index is 0.459. The number of hydrogen-bond donors (Lipinski definition) is 1. The van der Waals surface area contributed by atoms with Gasteiger partial charge in [0.25, 0.3) is 0 Å². The van der Waals surface area contributed by atoms with Crippen molar-refractivity contribution in [3.05, 3.63) is 36.2 Å². The lowest BCUT2D eigenvalue weighted by Gasteiger charge is -2.12. The van der Waals surface area contributed by atoms with Gasteiger partial charge in [-0.2, -0.15) is 5.10 Å². The molecule has 1 atom stereocenters. The molecule has 1 fully saturated rings. The third-order valence-corrected chi connectivity index (χ3v) is 3.26. The van der Waals surface area contributed by atoms with Crippen molar-refractivity contribution < 1.29 is 0 Å². The molecule has 0 radical (unpaired) electrons. The Bertz CT molecular complexity index is 492. The van der Waals surface area contributed by atoms with Crippen LogP contribution >= 0.6 is 0 Å². The SMILES string of the molecule is Cn1ccc(Cn2cncc2C2CCCN2)n1. The molecule has 0 saturated carbocycles.